The molecule has 7 nitrogen and oxygen atoms in total. The van der Waals surface area contributed by atoms with Gasteiger partial charge in [0.05, 0.1) is 6.61 Å². The Bertz CT molecular complexity index is 1420. The van der Waals surface area contributed by atoms with E-state index in [1.54, 1.807) is 19.2 Å². The van der Waals surface area contributed by atoms with Gasteiger partial charge < -0.3 is 24.8 Å². The first-order valence-corrected chi connectivity index (χ1v) is 13.4. The molecule has 1 heterocycles. The summed E-state index contributed by atoms with van der Waals surface area (Å²) < 4.78 is 5.22. The van der Waals surface area contributed by atoms with E-state index in [1.165, 1.54) is 4.90 Å². The number of H-pyrrole nitrogens is 1. The van der Waals surface area contributed by atoms with Crippen molar-refractivity contribution in [3.63, 3.8) is 0 Å². The van der Waals surface area contributed by atoms with Crippen molar-refractivity contribution < 1.29 is 14.3 Å². The largest absolute Gasteiger partial charge is 0.383 e. The van der Waals surface area contributed by atoms with Crippen molar-refractivity contribution in [2.75, 3.05) is 38.7 Å². The first-order valence-electron chi connectivity index (χ1n) is 13.0. The van der Waals surface area contributed by atoms with Crippen molar-refractivity contribution in [1.29, 1.82) is 0 Å². The summed E-state index contributed by atoms with van der Waals surface area (Å²) in [6.07, 6.45) is 2.69. The molecular weight excluding hydrogens is 512 g/mol. The number of benzene rings is 3. The van der Waals surface area contributed by atoms with Crippen molar-refractivity contribution in [2.45, 2.75) is 26.8 Å². The van der Waals surface area contributed by atoms with E-state index in [1.807, 2.05) is 73.5 Å². The monoisotopic (exact) mass is 546 g/mol. The first kappa shape index (κ1) is 28.2. The number of anilines is 1. The maximum Gasteiger partial charge on any atom is 0.322 e. The predicted octanol–water partition coefficient (Wildman–Crippen LogP) is 6.19. The normalized spacial score (nSPS) is 11.0. The molecule has 0 saturated heterocycles. The van der Waals surface area contributed by atoms with Gasteiger partial charge in [-0.05, 0) is 55.2 Å². The fourth-order valence-corrected chi connectivity index (χ4v) is 4.57. The van der Waals surface area contributed by atoms with Gasteiger partial charge in [0.15, 0.2) is 0 Å². The summed E-state index contributed by atoms with van der Waals surface area (Å²) in [6, 6.07) is 21.3. The van der Waals surface area contributed by atoms with Gasteiger partial charge in [0.2, 0.25) is 5.91 Å². The Balaban J connectivity index is 1.51. The lowest BCUT2D eigenvalue weighted by molar-refractivity contribution is -0.132. The summed E-state index contributed by atoms with van der Waals surface area (Å²) in [5.41, 5.74) is 5.91. The Hall–Kier alpha value is -3.81. The van der Waals surface area contributed by atoms with Crippen LogP contribution < -0.4 is 5.32 Å². The molecular formula is C31H35ClN4O3. The molecule has 2 N–H and O–H groups in total. The maximum atomic E-state index is 13.7. The van der Waals surface area contributed by atoms with Gasteiger partial charge >= 0.3 is 6.03 Å². The number of methoxy groups -OCH3 is 1. The highest BCUT2D eigenvalue weighted by Crippen LogP contribution is 2.21. The number of fused-ring (bicyclic) bond motifs is 1. The molecule has 0 aliphatic carbocycles. The number of amides is 3. The van der Waals surface area contributed by atoms with Crippen LogP contribution in [-0.2, 0) is 22.5 Å². The SMILES string of the molecule is COCCN(CC(=O)N(CCc1c[nH]c2ccccc12)Cc1ccc(C)cc1)C(=O)Nc1ccc(C)c(Cl)c1. The summed E-state index contributed by atoms with van der Waals surface area (Å²) in [6.45, 7) is 5.41. The number of rotatable bonds is 11. The van der Waals surface area contributed by atoms with Gasteiger partial charge in [0.25, 0.3) is 0 Å². The number of nitrogens with zero attached hydrogens (tertiary/aromatic N) is 2. The van der Waals surface area contributed by atoms with Crippen molar-refractivity contribution in [3.05, 3.63) is 100 Å². The number of hydrogen-bond acceptors (Lipinski definition) is 3. The standard InChI is InChI=1S/C31H35ClN4O3/c1-22-8-11-24(12-9-22)20-35(15-14-25-19-33-29-7-5-4-6-27(25)29)30(37)21-36(16-17-39-3)31(38)34-26-13-10-23(2)28(32)18-26/h4-13,18-19,33H,14-17,20-21H2,1-3H3,(H,34,38). The molecule has 204 valence electrons. The number of aromatic nitrogens is 1. The number of para-hydroxylation sites is 1. The van der Waals surface area contributed by atoms with Crippen LogP contribution in [0.5, 0.6) is 0 Å². The molecule has 8 heteroatoms. The molecule has 1 aromatic heterocycles. The number of urea groups is 1. The zero-order valence-corrected chi connectivity index (χ0v) is 23.4. The number of hydrogen-bond donors (Lipinski definition) is 2. The van der Waals surface area contributed by atoms with Crippen LogP contribution in [0.2, 0.25) is 5.02 Å². The van der Waals surface area contributed by atoms with E-state index in [9.17, 15) is 9.59 Å². The fourth-order valence-electron chi connectivity index (χ4n) is 4.39. The van der Waals surface area contributed by atoms with E-state index in [4.69, 9.17) is 16.3 Å². The Kier molecular flexibility index (Phi) is 9.63. The number of carbonyl (C=O) groups excluding carboxylic acids is 2. The number of aromatic amines is 1. The second-order valence-electron chi connectivity index (χ2n) is 9.72. The second kappa shape index (κ2) is 13.3. The fraction of sp³-hybridized carbons (Fsp3) is 0.290. The molecule has 0 aliphatic rings. The molecule has 4 rings (SSSR count). The molecule has 3 amide bonds. The van der Waals surface area contributed by atoms with Gasteiger partial charge in [0.1, 0.15) is 6.54 Å². The molecule has 0 fully saturated rings. The van der Waals surface area contributed by atoms with Gasteiger partial charge in [-0.2, -0.15) is 0 Å². The first-order chi connectivity index (χ1) is 18.8. The third-order valence-electron chi connectivity index (χ3n) is 6.77. The maximum absolute atomic E-state index is 13.7. The molecule has 0 saturated carbocycles. The van der Waals surface area contributed by atoms with E-state index in [-0.39, 0.29) is 25.0 Å². The van der Waals surface area contributed by atoms with Crippen molar-refractivity contribution in [3.8, 4) is 0 Å². The van der Waals surface area contributed by atoms with Crippen molar-refractivity contribution in [1.82, 2.24) is 14.8 Å². The highest BCUT2D eigenvalue weighted by atomic mass is 35.5. The summed E-state index contributed by atoms with van der Waals surface area (Å²) in [4.78, 5) is 33.5. The molecule has 39 heavy (non-hydrogen) atoms. The molecule has 0 bridgehead atoms. The van der Waals surface area contributed by atoms with Gasteiger partial charge in [-0.3, -0.25) is 4.79 Å². The van der Waals surface area contributed by atoms with Crippen molar-refractivity contribution in [2.24, 2.45) is 0 Å². The average Bonchev–Trinajstić information content (AvgIpc) is 3.35. The van der Waals surface area contributed by atoms with E-state index < -0.39 is 0 Å². The Morgan fingerprint density at radius 1 is 0.974 bits per heavy atom. The van der Waals surface area contributed by atoms with Crippen LogP contribution in [-0.4, -0.2) is 60.1 Å². The number of aryl methyl sites for hydroxylation is 2. The minimum Gasteiger partial charge on any atom is -0.383 e. The van der Waals surface area contributed by atoms with Crippen LogP contribution in [0.25, 0.3) is 10.9 Å². The van der Waals surface area contributed by atoms with E-state index in [0.29, 0.717) is 36.8 Å². The molecule has 0 aliphatic heterocycles. The topological polar surface area (TPSA) is 77.7 Å². The smallest absolute Gasteiger partial charge is 0.322 e. The van der Waals surface area contributed by atoms with Crippen molar-refractivity contribution >= 4 is 40.1 Å². The minimum absolute atomic E-state index is 0.0749. The van der Waals surface area contributed by atoms with Crippen LogP contribution in [0.15, 0.2) is 72.9 Å². The van der Waals surface area contributed by atoms with Crippen LogP contribution in [0.1, 0.15) is 22.3 Å². The average molecular weight is 547 g/mol. The van der Waals surface area contributed by atoms with Crippen LogP contribution in [0, 0.1) is 13.8 Å². The number of ether oxygens (including phenoxy) is 1. The Morgan fingerprint density at radius 2 is 1.74 bits per heavy atom. The quantitative estimate of drug-likeness (QED) is 0.235. The zero-order valence-electron chi connectivity index (χ0n) is 22.7. The molecule has 0 spiro atoms. The number of carbonyl (C=O) groups is 2. The highest BCUT2D eigenvalue weighted by molar-refractivity contribution is 6.31. The van der Waals surface area contributed by atoms with E-state index in [2.05, 4.69) is 16.4 Å². The van der Waals surface area contributed by atoms with E-state index in [0.717, 1.165) is 33.2 Å². The lowest BCUT2D eigenvalue weighted by Gasteiger charge is -2.28. The van der Waals surface area contributed by atoms with Crippen LogP contribution in [0.3, 0.4) is 0 Å². The molecule has 0 radical (unpaired) electrons. The Labute approximate surface area is 234 Å². The summed E-state index contributed by atoms with van der Waals surface area (Å²) in [7, 11) is 1.57. The molecule has 4 aromatic rings. The summed E-state index contributed by atoms with van der Waals surface area (Å²) in [5.74, 6) is -0.136. The van der Waals surface area contributed by atoms with Crippen LogP contribution >= 0.6 is 11.6 Å². The highest BCUT2D eigenvalue weighted by Gasteiger charge is 2.22. The number of halogens is 1. The predicted molar refractivity (Wildman–Crippen MR) is 157 cm³/mol. The van der Waals surface area contributed by atoms with Crippen LogP contribution in [0.4, 0.5) is 10.5 Å². The molecule has 3 aromatic carbocycles. The van der Waals surface area contributed by atoms with E-state index >= 15 is 0 Å². The third-order valence-corrected chi connectivity index (χ3v) is 7.18. The zero-order chi connectivity index (χ0) is 27.8. The van der Waals surface area contributed by atoms with Gasteiger partial charge in [-0.15, -0.1) is 0 Å². The minimum atomic E-state index is -0.382. The second-order valence-corrected chi connectivity index (χ2v) is 10.1. The van der Waals surface area contributed by atoms with Gasteiger partial charge in [-0.1, -0.05) is 65.7 Å². The lowest BCUT2D eigenvalue weighted by atomic mass is 10.1. The molecule has 0 unspecified atom stereocenters. The van der Waals surface area contributed by atoms with Gasteiger partial charge in [0, 0.05) is 54.6 Å². The summed E-state index contributed by atoms with van der Waals surface area (Å²) >= 11 is 6.24. The lowest BCUT2D eigenvalue weighted by Crippen LogP contribution is -2.46. The Morgan fingerprint density at radius 3 is 2.49 bits per heavy atom. The number of nitrogens with one attached hydrogen (secondary N) is 2. The third kappa shape index (κ3) is 7.62. The molecule has 0 atom stereocenters. The van der Waals surface area contributed by atoms with Gasteiger partial charge in [-0.25, -0.2) is 4.79 Å². The summed E-state index contributed by atoms with van der Waals surface area (Å²) in [5, 5.41) is 4.58.